The lowest BCUT2D eigenvalue weighted by atomic mass is 9.86. The van der Waals surface area contributed by atoms with Crippen LogP contribution in [0, 0.1) is 12.3 Å². The summed E-state index contributed by atoms with van der Waals surface area (Å²) in [6, 6.07) is 6.68. The Morgan fingerprint density at radius 1 is 1.05 bits per heavy atom. The minimum atomic E-state index is -3.27. The first kappa shape index (κ1) is 30.9. The summed E-state index contributed by atoms with van der Waals surface area (Å²) in [5.74, 6) is -4.87. The van der Waals surface area contributed by atoms with Gasteiger partial charge in [0, 0.05) is 40.8 Å². The molecule has 0 spiro atoms. The van der Waals surface area contributed by atoms with Crippen molar-refractivity contribution in [3.63, 3.8) is 0 Å². The second kappa shape index (κ2) is 11.3. The number of halogens is 3. The third kappa shape index (κ3) is 7.23. The number of aromatic nitrogens is 2. The minimum Gasteiger partial charge on any atom is -0.460 e. The molecule has 2 heterocycles. The van der Waals surface area contributed by atoms with E-state index >= 15 is 0 Å². The number of carbonyl (C=O) groups excluding carboxylic acids is 2. The standard InChI is InChI=1S/C31H37ClF2N2O5/c1-17-8-9-19(22(32)12-17)13-21(37)14-20(15-25(38)39-30(5,6)7)27-26(18-10-11-18)28(41-36-27)23-16-24(40-35-23)31(33,34)29(2,3)4/h8-9,12,16,18,20H,10-11,13-15H2,1-7H3/t20-/m1/s1. The number of Topliss-reactive ketones (excluding diaryl/α,β-unsaturated/α-hetero) is 1. The number of rotatable bonds is 10. The van der Waals surface area contributed by atoms with Crippen molar-refractivity contribution in [3.05, 3.63) is 57.4 Å². The first-order chi connectivity index (χ1) is 19.0. The molecule has 3 aromatic rings. The van der Waals surface area contributed by atoms with Crippen LogP contribution >= 0.6 is 11.6 Å². The lowest BCUT2D eigenvalue weighted by Gasteiger charge is -2.27. The van der Waals surface area contributed by atoms with E-state index in [0.29, 0.717) is 21.8 Å². The van der Waals surface area contributed by atoms with E-state index < -0.39 is 34.6 Å². The molecule has 0 aliphatic heterocycles. The highest BCUT2D eigenvalue weighted by molar-refractivity contribution is 6.31. The Bertz CT molecular complexity index is 1430. The molecule has 0 bridgehead atoms. The summed E-state index contributed by atoms with van der Waals surface area (Å²) in [5, 5.41) is 8.67. The van der Waals surface area contributed by atoms with Gasteiger partial charge < -0.3 is 13.8 Å². The molecule has 0 radical (unpaired) electrons. The maximum absolute atomic E-state index is 15.0. The van der Waals surface area contributed by atoms with Crippen molar-refractivity contribution in [2.45, 2.75) is 104 Å². The van der Waals surface area contributed by atoms with Crippen LogP contribution in [0.2, 0.25) is 5.02 Å². The summed E-state index contributed by atoms with van der Waals surface area (Å²) >= 11 is 6.37. The van der Waals surface area contributed by atoms with E-state index in [1.807, 2.05) is 19.1 Å². The maximum Gasteiger partial charge on any atom is 0.312 e. The van der Waals surface area contributed by atoms with Gasteiger partial charge in [0.05, 0.1) is 12.1 Å². The fourth-order valence-electron chi connectivity index (χ4n) is 4.66. The Kier molecular flexibility index (Phi) is 8.52. The van der Waals surface area contributed by atoms with Crippen molar-refractivity contribution < 1.29 is 32.2 Å². The van der Waals surface area contributed by atoms with Gasteiger partial charge in [0.15, 0.2) is 11.5 Å². The zero-order valence-electron chi connectivity index (χ0n) is 24.6. The van der Waals surface area contributed by atoms with Gasteiger partial charge in [-0.25, -0.2) is 0 Å². The second-order valence-electron chi connectivity index (χ2n) is 13.0. The van der Waals surface area contributed by atoms with Crippen molar-refractivity contribution in [2.24, 2.45) is 5.41 Å². The highest BCUT2D eigenvalue weighted by Crippen LogP contribution is 2.50. The molecule has 1 fully saturated rings. The molecule has 0 N–H and O–H groups in total. The van der Waals surface area contributed by atoms with Crippen LogP contribution in [0.1, 0.15) is 107 Å². The van der Waals surface area contributed by atoms with Gasteiger partial charge in [-0.2, -0.15) is 8.78 Å². The summed E-state index contributed by atoms with van der Waals surface area (Å²) in [6.45, 7) is 11.5. The van der Waals surface area contributed by atoms with Crippen molar-refractivity contribution in [3.8, 4) is 11.5 Å². The highest BCUT2D eigenvalue weighted by atomic mass is 35.5. The number of hydrogen-bond donors (Lipinski definition) is 0. The van der Waals surface area contributed by atoms with E-state index in [1.54, 1.807) is 26.8 Å². The number of ketones is 1. The quantitative estimate of drug-likeness (QED) is 0.219. The maximum atomic E-state index is 15.0. The molecule has 0 saturated heterocycles. The van der Waals surface area contributed by atoms with E-state index in [0.717, 1.165) is 18.4 Å². The normalized spacial score (nSPS) is 15.2. The molecule has 10 heteroatoms. The predicted octanol–water partition coefficient (Wildman–Crippen LogP) is 8.32. The molecule has 1 aliphatic carbocycles. The average Bonchev–Trinajstić information content (AvgIpc) is 3.36. The number of nitrogens with zero attached hydrogens (tertiary/aromatic N) is 2. The van der Waals surface area contributed by atoms with Gasteiger partial charge in [0.25, 0.3) is 0 Å². The largest absolute Gasteiger partial charge is 0.460 e. The van der Waals surface area contributed by atoms with Crippen molar-refractivity contribution in [1.29, 1.82) is 0 Å². The van der Waals surface area contributed by atoms with E-state index in [2.05, 4.69) is 10.3 Å². The van der Waals surface area contributed by atoms with E-state index in [-0.39, 0.29) is 42.4 Å². The summed E-state index contributed by atoms with van der Waals surface area (Å²) in [5.41, 5.74) is 0.756. The molecule has 41 heavy (non-hydrogen) atoms. The van der Waals surface area contributed by atoms with Crippen LogP contribution in [0.4, 0.5) is 8.78 Å². The van der Waals surface area contributed by atoms with Gasteiger partial charge in [0.1, 0.15) is 11.4 Å². The lowest BCUT2D eigenvalue weighted by Crippen LogP contribution is -2.30. The molecule has 0 unspecified atom stereocenters. The second-order valence-corrected chi connectivity index (χ2v) is 13.4. The van der Waals surface area contributed by atoms with Crippen molar-refractivity contribution >= 4 is 23.4 Å². The molecular formula is C31H37ClF2N2O5. The Morgan fingerprint density at radius 2 is 1.73 bits per heavy atom. The van der Waals surface area contributed by atoms with Gasteiger partial charge in [-0.1, -0.05) is 54.8 Å². The number of ether oxygens (including phenoxy) is 1. The van der Waals surface area contributed by atoms with Gasteiger partial charge in [-0.15, -0.1) is 0 Å². The smallest absolute Gasteiger partial charge is 0.312 e. The van der Waals surface area contributed by atoms with Gasteiger partial charge in [0.2, 0.25) is 5.76 Å². The molecule has 7 nitrogen and oxygen atoms in total. The van der Waals surface area contributed by atoms with Gasteiger partial charge in [-0.05, 0) is 63.6 Å². The molecule has 1 saturated carbocycles. The molecular weight excluding hydrogens is 554 g/mol. The number of carbonyl (C=O) groups is 2. The van der Waals surface area contributed by atoms with Crippen LogP contribution in [-0.2, 0) is 26.7 Å². The van der Waals surface area contributed by atoms with E-state index in [4.69, 9.17) is 25.4 Å². The number of hydrogen-bond acceptors (Lipinski definition) is 7. The van der Waals surface area contributed by atoms with Crippen LogP contribution in [0.5, 0.6) is 0 Å². The minimum absolute atomic E-state index is 0.0126. The van der Waals surface area contributed by atoms with E-state index in [9.17, 15) is 18.4 Å². The zero-order chi connectivity index (χ0) is 30.3. The van der Waals surface area contributed by atoms with E-state index in [1.165, 1.54) is 26.8 Å². The van der Waals surface area contributed by atoms with Crippen LogP contribution in [0.3, 0.4) is 0 Å². The fourth-order valence-corrected chi connectivity index (χ4v) is 4.96. The van der Waals surface area contributed by atoms with Crippen LogP contribution in [-0.4, -0.2) is 27.7 Å². The number of esters is 1. The Balaban J connectivity index is 1.68. The number of aryl methyl sites for hydroxylation is 1. The van der Waals surface area contributed by atoms with Gasteiger partial charge in [-0.3, -0.25) is 9.59 Å². The highest BCUT2D eigenvalue weighted by Gasteiger charge is 2.49. The molecule has 222 valence electrons. The van der Waals surface area contributed by atoms with Crippen molar-refractivity contribution in [2.75, 3.05) is 0 Å². The molecule has 2 aromatic heterocycles. The number of alkyl halides is 2. The molecule has 1 aromatic carbocycles. The average molecular weight is 591 g/mol. The Labute approximate surface area is 243 Å². The van der Waals surface area contributed by atoms with Crippen LogP contribution in [0.25, 0.3) is 11.5 Å². The lowest BCUT2D eigenvalue weighted by molar-refractivity contribution is -0.155. The monoisotopic (exact) mass is 590 g/mol. The topological polar surface area (TPSA) is 95.4 Å². The zero-order valence-corrected chi connectivity index (χ0v) is 25.3. The summed E-state index contributed by atoms with van der Waals surface area (Å²) in [7, 11) is 0. The molecule has 0 amide bonds. The van der Waals surface area contributed by atoms with Crippen LogP contribution in [0.15, 0.2) is 33.3 Å². The number of benzene rings is 1. The van der Waals surface area contributed by atoms with Crippen LogP contribution < -0.4 is 0 Å². The SMILES string of the molecule is Cc1ccc(CC(=O)C[C@H](CC(=O)OC(C)(C)C)c2noc(-c3cc(C(F)(F)C(C)(C)C)on3)c2C2CC2)c(Cl)c1. The Hall–Kier alpha value is -3.07. The first-order valence-electron chi connectivity index (χ1n) is 13.8. The van der Waals surface area contributed by atoms with Gasteiger partial charge >= 0.3 is 11.9 Å². The third-order valence-corrected chi connectivity index (χ3v) is 7.38. The molecule has 1 atom stereocenters. The Morgan fingerprint density at radius 3 is 2.32 bits per heavy atom. The first-order valence-corrected chi connectivity index (χ1v) is 14.2. The molecule has 4 rings (SSSR count). The summed E-state index contributed by atoms with van der Waals surface area (Å²) in [6.07, 6.45) is 1.62. The summed E-state index contributed by atoms with van der Waals surface area (Å²) < 4.78 is 46.3. The van der Waals surface area contributed by atoms with Crippen molar-refractivity contribution in [1.82, 2.24) is 10.3 Å². The fraction of sp³-hybridized carbons (Fsp3) is 0.548. The predicted molar refractivity (Wildman–Crippen MR) is 150 cm³/mol. The summed E-state index contributed by atoms with van der Waals surface area (Å²) in [4.78, 5) is 26.2. The molecule has 1 aliphatic rings. The third-order valence-electron chi connectivity index (χ3n) is 7.03.